The van der Waals surface area contributed by atoms with Crippen LogP contribution in [0.5, 0.6) is 5.75 Å². The topological polar surface area (TPSA) is 76.1 Å². The number of carbonyl (C=O) groups is 1. The van der Waals surface area contributed by atoms with E-state index in [1.54, 1.807) is 7.11 Å². The van der Waals surface area contributed by atoms with Crippen LogP contribution in [0.25, 0.3) is 0 Å². The van der Waals surface area contributed by atoms with Crippen LogP contribution in [-0.2, 0) is 6.42 Å². The average molecular weight is 402 g/mol. The summed E-state index contributed by atoms with van der Waals surface area (Å²) >= 11 is 0. The van der Waals surface area contributed by atoms with Crippen molar-refractivity contribution in [1.29, 1.82) is 0 Å². The zero-order chi connectivity index (χ0) is 21.3. The summed E-state index contributed by atoms with van der Waals surface area (Å²) in [6.45, 7) is 6.19. The number of benzene rings is 2. The third-order valence-corrected chi connectivity index (χ3v) is 5.32. The van der Waals surface area contributed by atoms with Crippen molar-refractivity contribution < 1.29 is 9.53 Å². The minimum atomic E-state index is 0.0898. The van der Waals surface area contributed by atoms with Crippen molar-refractivity contribution in [2.45, 2.75) is 33.6 Å². The molecule has 0 amide bonds. The minimum Gasteiger partial charge on any atom is -0.497 e. The number of methoxy groups -OCH3 is 1. The summed E-state index contributed by atoms with van der Waals surface area (Å²) in [6, 6.07) is 13.7. The van der Waals surface area contributed by atoms with Crippen molar-refractivity contribution in [2.75, 3.05) is 17.7 Å². The maximum absolute atomic E-state index is 12.8. The Kier molecular flexibility index (Phi) is 5.40. The maximum atomic E-state index is 12.8. The van der Waals surface area contributed by atoms with E-state index in [9.17, 15) is 4.79 Å². The van der Waals surface area contributed by atoms with E-state index in [1.165, 1.54) is 5.56 Å². The van der Waals surface area contributed by atoms with Gasteiger partial charge in [-0.05, 0) is 62.1 Å². The van der Waals surface area contributed by atoms with Crippen LogP contribution >= 0.6 is 0 Å². The molecule has 0 saturated heterocycles. The molecule has 30 heavy (non-hydrogen) atoms. The van der Waals surface area contributed by atoms with E-state index in [0.29, 0.717) is 23.8 Å². The summed E-state index contributed by atoms with van der Waals surface area (Å²) in [7, 11) is 1.64. The Hall–Kier alpha value is -3.41. The molecule has 1 aromatic heterocycles. The predicted octanol–water partition coefficient (Wildman–Crippen LogP) is 5.35. The van der Waals surface area contributed by atoms with E-state index in [2.05, 4.69) is 40.5 Å². The van der Waals surface area contributed by atoms with Crippen molar-refractivity contribution in [3.05, 3.63) is 64.8 Å². The molecule has 1 aliphatic carbocycles. The van der Waals surface area contributed by atoms with Crippen LogP contribution in [0.1, 0.15) is 40.5 Å². The van der Waals surface area contributed by atoms with E-state index >= 15 is 0 Å². The Balaban J connectivity index is 1.73. The van der Waals surface area contributed by atoms with Gasteiger partial charge in [0.05, 0.1) is 18.4 Å². The van der Waals surface area contributed by atoms with Crippen LogP contribution in [0.15, 0.2) is 42.5 Å². The molecule has 1 atom stereocenters. The molecule has 2 N–H and O–H groups in total. The van der Waals surface area contributed by atoms with E-state index < -0.39 is 0 Å². The molecule has 6 nitrogen and oxygen atoms in total. The van der Waals surface area contributed by atoms with Crippen molar-refractivity contribution >= 4 is 28.9 Å². The van der Waals surface area contributed by atoms with Crippen molar-refractivity contribution in [3.8, 4) is 5.75 Å². The Bertz CT molecular complexity index is 1090. The van der Waals surface area contributed by atoms with Crippen molar-refractivity contribution in [2.24, 2.45) is 5.92 Å². The van der Waals surface area contributed by atoms with Crippen molar-refractivity contribution in [1.82, 2.24) is 9.97 Å². The third-order valence-electron chi connectivity index (χ3n) is 5.32. The Morgan fingerprint density at radius 2 is 1.77 bits per heavy atom. The molecule has 0 fully saturated rings. The van der Waals surface area contributed by atoms with Gasteiger partial charge in [-0.1, -0.05) is 24.6 Å². The molecule has 1 unspecified atom stereocenters. The lowest BCUT2D eigenvalue weighted by molar-refractivity contribution is 0.0953. The second-order valence-electron chi connectivity index (χ2n) is 7.95. The maximum Gasteiger partial charge on any atom is 0.229 e. The molecule has 6 heteroatoms. The number of ether oxygens (including phenoxy) is 1. The van der Waals surface area contributed by atoms with Gasteiger partial charge in [0.25, 0.3) is 0 Å². The zero-order valence-corrected chi connectivity index (χ0v) is 17.7. The highest BCUT2D eigenvalue weighted by Crippen LogP contribution is 2.32. The smallest absolute Gasteiger partial charge is 0.229 e. The first-order valence-corrected chi connectivity index (χ1v) is 10.1. The number of ketones is 1. The average Bonchev–Trinajstić information content (AvgIpc) is 2.70. The highest BCUT2D eigenvalue weighted by Gasteiger charge is 2.28. The van der Waals surface area contributed by atoms with E-state index in [1.807, 2.05) is 43.3 Å². The third kappa shape index (κ3) is 4.13. The van der Waals surface area contributed by atoms with Gasteiger partial charge >= 0.3 is 0 Å². The highest BCUT2D eigenvalue weighted by molar-refractivity contribution is 6.03. The van der Waals surface area contributed by atoms with Gasteiger partial charge in [0.1, 0.15) is 11.6 Å². The van der Waals surface area contributed by atoms with Gasteiger partial charge in [-0.3, -0.25) is 4.79 Å². The number of hydrogen-bond donors (Lipinski definition) is 2. The molecule has 0 saturated carbocycles. The highest BCUT2D eigenvalue weighted by atomic mass is 16.5. The second-order valence-corrected chi connectivity index (χ2v) is 7.95. The molecule has 1 heterocycles. The lowest BCUT2D eigenvalue weighted by Gasteiger charge is -2.23. The Morgan fingerprint density at radius 1 is 1.00 bits per heavy atom. The van der Waals surface area contributed by atoms with Gasteiger partial charge in [0.15, 0.2) is 5.78 Å². The van der Waals surface area contributed by atoms with Crippen molar-refractivity contribution in [3.63, 3.8) is 0 Å². The lowest BCUT2D eigenvalue weighted by atomic mass is 9.87. The monoisotopic (exact) mass is 402 g/mol. The van der Waals surface area contributed by atoms with Gasteiger partial charge < -0.3 is 15.4 Å². The molecule has 2 aromatic carbocycles. The SMILES string of the molecule is COc1ccc(Nc2nc3c(c(Nc4ccc(C)cc4C)n2)C(=O)CC(C)C3)cc1. The number of Topliss-reactive ketones (excluding diaryl/α,β-unsaturated/α-hetero) is 1. The van der Waals surface area contributed by atoms with Crippen LogP contribution < -0.4 is 15.4 Å². The fourth-order valence-electron chi connectivity index (χ4n) is 3.80. The van der Waals surface area contributed by atoms with Crippen LogP contribution in [-0.4, -0.2) is 22.9 Å². The van der Waals surface area contributed by atoms with Gasteiger partial charge in [-0.25, -0.2) is 4.98 Å². The Labute approximate surface area is 176 Å². The summed E-state index contributed by atoms with van der Waals surface area (Å²) in [5, 5.41) is 6.64. The molecule has 3 aromatic rings. The van der Waals surface area contributed by atoms with Gasteiger partial charge in [0.2, 0.25) is 5.95 Å². The molecule has 0 aliphatic heterocycles. The fraction of sp³-hybridized carbons (Fsp3) is 0.292. The molecular formula is C24H26N4O2. The van der Waals surface area contributed by atoms with E-state index in [0.717, 1.165) is 34.8 Å². The lowest BCUT2D eigenvalue weighted by Crippen LogP contribution is -2.22. The number of aryl methyl sites for hydroxylation is 2. The summed E-state index contributed by atoms with van der Waals surface area (Å²) < 4.78 is 5.22. The van der Waals surface area contributed by atoms with Gasteiger partial charge in [0, 0.05) is 17.8 Å². The predicted molar refractivity (Wildman–Crippen MR) is 119 cm³/mol. The molecule has 4 rings (SSSR count). The number of anilines is 4. The second kappa shape index (κ2) is 8.14. The molecular weight excluding hydrogens is 376 g/mol. The number of hydrogen-bond acceptors (Lipinski definition) is 6. The first-order valence-electron chi connectivity index (χ1n) is 10.1. The molecule has 0 radical (unpaired) electrons. The number of carbonyl (C=O) groups excluding carboxylic acids is 1. The van der Waals surface area contributed by atoms with E-state index in [4.69, 9.17) is 4.74 Å². The van der Waals surface area contributed by atoms with Gasteiger partial charge in [-0.2, -0.15) is 4.98 Å². The van der Waals surface area contributed by atoms with Crippen LogP contribution in [0, 0.1) is 19.8 Å². The first-order chi connectivity index (χ1) is 14.4. The molecule has 154 valence electrons. The quantitative estimate of drug-likeness (QED) is 0.599. The number of nitrogens with zero attached hydrogens (tertiary/aromatic N) is 2. The van der Waals surface area contributed by atoms with E-state index in [-0.39, 0.29) is 11.7 Å². The van der Waals surface area contributed by atoms with Crippen LogP contribution in [0.4, 0.5) is 23.1 Å². The summed E-state index contributed by atoms with van der Waals surface area (Å²) in [5.41, 5.74) is 5.47. The Morgan fingerprint density at radius 3 is 2.47 bits per heavy atom. The molecule has 0 spiro atoms. The number of rotatable bonds is 5. The van der Waals surface area contributed by atoms with Gasteiger partial charge in [-0.15, -0.1) is 0 Å². The fourth-order valence-corrected chi connectivity index (χ4v) is 3.80. The van der Waals surface area contributed by atoms with Crippen LogP contribution in [0.2, 0.25) is 0 Å². The molecule has 0 bridgehead atoms. The zero-order valence-electron chi connectivity index (χ0n) is 17.7. The standard InChI is InChI=1S/C24H26N4O2/c1-14-5-10-19(16(3)11-14)26-23-22-20(12-15(2)13-21(22)29)27-24(28-23)25-17-6-8-18(30-4)9-7-17/h5-11,15H,12-13H2,1-4H3,(H2,25,26,27,28). The number of aromatic nitrogens is 2. The largest absolute Gasteiger partial charge is 0.497 e. The normalized spacial score (nSPS) is 15.5. The first kappa shape index (κ1) is 19.9. The molecule has 1 aliphatic rings. The number of nitrogens with one attached hydrogen (secondary N) is 2. The number of fused-ring (bicyclic) bond motifs is 1. The van der Waals surface area contributed by atoms with Crippen LogP contribution in [0.3, 0.4) is 0 Å². The summed E-state index contributed by atoms with van der Waals surface area (Å²) in [4.78, 5) is 22.2. The summed E-state index contributed by atoms with van der Waals surface area (Å²) in [5.74, 6) is 2.16. The summed E-state index contributed by atoms with van der Waals surface area (Å²) in [6.07, 6.45) is 1.27. The minimum absolute atomic E-state index is 0.0898.